The van der Waals surface area contributed by atoms with Crippen molar-refractivity contribution in [2.24, 2.45) is 0 Å². The van der Waals surface area contributed by atoms with Gasteiger partial charge in [0.1, 0.15) is 24.7 Å². The first-order chi connectivity index (χ1) is 11.7. The fourth-order valence-electron chi connectivity index (χ4n) is 2.41. The van der Waals surface area contributed by atoms with E-state index in [9.17, 15) is 4.79 Å². The van der Waals surface area contributed by atoms with E-state index >= 15 is 0 Å². The van der Waals surface area contributed by atoms with Crippen LogP contribution in [0.4, 0.5) is 0 Å². The molecule has 0 unspecified atom stereocenters. The highest BCUT2D eigenvalue weighted by molar-refractivity contribution is 5.94. The second-order valence-electron chi connectivity index (χ2n) is 5.11. The molecule has 3 heteroatoms. The number of rotatable bonds is 6. The summed E-state index contributed by atoms with van der Waals surface area (Å²) in [6.45, 7) is 0.445. The van der Waals surface area contributed by atoms with Crippen LogP contribution < -0.4 is 14.9 Å². The molecular weight excluding hydrogens is 300 g/mol. The van der Waals surface area contributed by atoms with Gasteiger partial charge < -0.3 is 9.47 Å². The van der Waals surface area contributed by atoms with Gasteiger partial charge in [0.15, 0.2) is 5.43 Å². The van der Waals surface area contributed by atoms with Crippen molar-refractivity contribution in [3.8, 4) is 58.4 Å². The SMILES string of the molecule is C#CCOc1ccc(-c2c(-c3ccc(OCC#C)cc3)c2=O)cc1. The van der Waals surface area contributed by atoms with E-state index in [4.69, 9.17) is 22.3 Å². The number of terminal acetylenes is 2. The zero-order valence-electron chi connectivity index (χ0n) is 12.9. The minimum absolute atomic E-state index is 0.0598. The van der Waals surface area contributed by atoms with Crippen LogP contribution in [0.3, 0.4) is 0 Å². The quantitative estimate of drug-likeness (QED) is 0.655. The molecule has 3 aromatic carbocycles. The Kier molecular flexibility index (Phi) is 4.36. The molecule has 0 heterocycles. The number of hydrogen-bond donors (Lipinski definition) is 0. The summed E-state index contributed by atoms with van der Waals surface area (Å²) in [5, 5.41) is 0. The van der Waals surface area contributed by atoms with Gasteiger partial charge in [-0.05, 0) is 35.4 Å². The fourth-order valence-corrected chi connectivity index (χ4v) is 2.41. The molecule has 0 radical (unpaired) electrons. The number of benzene rings is 2. The second-order valence-corrected chi connectivity index (χ2v) is 5.11. The molecule has 0 atom stereocenters. The van der Waals surface area contributed by atoms with Crippen molar-refractivity contribution in [1.29, 1.82) is 0 Å². The van der Waals surface area contributed by atoms with Gasteiger partial charge in [0, 0.05) is 11.1 Å². The second kappa shape index (κ2) is 6.77. The fraction of sp³-hybridized carbons (Fsp3) is 0.0952. The van der Waals surface area contributed by atoms with Crippen LogP contribution in [0.5, 0.6) is 11.5 Å². The van der Waals surface area contributed by atoms with Gasteiger partial charge in [-0.1, -0.05) is 36.1 Å². The summed E-state index contributed by atoms with van der Waals surface area (Å²) in [7, 11) is 0. The molecule has 3 aromatic rings. The van der Waals surface area contributed by atoms with Gasteiger partial charge in [0.25, 0.3) is 0 Å². The van der Waals surface area contributed by atoms with E-state index in [1.54, 1.807) is 24.3 Å². The first kappa shape index (κ1) is 15.5. The van der Waals surface area contributed by atoms with Crippen LogP contribution in [0.1, 0.15) is 0 Å². The predicted molar refractivity (Wildman–Crippen MR) is 94.6 cm³/mol. The van der Waals surface area contributed by atoms with Gasteiger partial charge in [-0.15, -0.1) is 12.8 Å². The standard InChI is InChI=1S/C21H14O3/c1-3-13-23-17-9-5-15(6-10-17)19-20(21(19)22)16-7-11-18(12-8-16)24-14-4-2/h1-2,5-12H,13-14H2. The number of hydrogen-bond acceptors (Lipinski definition) is 3. The highest BCUT2D eigenvalue weighted by Gasteiger charge is 2.25. The average Bonchev–Trinajstić information content (AvgIpc) is 3.30. The molecule has 0 N–H and O–H groups in total. The smallest absolute Gasteiger partial charge is 0.195 e. The van der Waals surface area contributed by atoms with Crippen LogP contribution in [0.25, 0.3) is 22.3 Å². The lowest BCUT2D eigenvalue weighted by molar-refractivity contribution is 0.370. The summed E-state index contributed by atoms with van der Waals surface area (Å²) in [5.41, 5.74) is 3.27. The van der Waals surface area contributed by atoms with E-state index in [0.29, 0.717) is 11.5 Å². The van der Waals surface area contributed by atoms with E-state index in [-0.39, 0.29) is 18.6 Å². The molecule has 24 heavy (non-hydrogen) atoms. The van der Waals surface area contributed by atoms with E-state index in [1.807, 2.05) is 24.3 Å². The third-order valence-corrected chi connectivity index (χ3v) is 3.57. The van der Waals surface area contributed by atoms with Crippen LogP contribution in [-0.4, -0.2) is 13.2 Å². The molecule has 0 aliphatic rings. The third-order valence-electron chi connectivity index (χ3n) is 3.57. The zero-order chi connectivity index (χ0) is 16.9. The lowest BCUT2D eigenvalue weighted by Crippen LogP contribution is -1.92. The highest BCUT2D eigenvalue weighted by Crippen LogP contribution is 2.35. The van der Waals surface area contributed by atoms with Crippen LogP contribution in [0.15, 0.2) is 53.3 Å². The minimum atomic E-state index is 0.0598. The molecule has 0 bridgehead atoms. The van der Waals surface area contributed by atoms with Gasteiger partial charge in [0.2, 0.25) is 0 Å². The maximum Gasteiger partial charge on any atom is 0.195 e. The van der Waals surface area contributed by atoms with Crippen LogP contribution >= 0.6 is 0 Å². The monoisotopic (exact) mass is 314 g/mol. The molecular formula is C21H14O3. The molecule has 0 spiro atoms. The summed E-state index contributed by atoms with van der Waals surface area (Å²) in [4.78, 5) is 12.1. The maximum atomic E-state index is 12.1. The van der Waals surface area contributed by atoms with Crippen molar-refractivity contribution in [2.45, 2.75) is 0 Å². The molecule has 0 fully saturated rings. The van der Waals surface area contributed by atoms with E-state index in [2.05, 4.69) is 11.8 Å². The lowest BCUT2D eigenvalue weighted by Gasteiger charge is -2.03. The Hall–Kier alpha value is -3.43. The van der Waals surface area contributed by atoms with E-state index in [1.165, 1.54) is 0 Å². The summed E-state index contributed by atoms with van der Waals surface area (Å²) in [6.07, 6.45) is 10.3. The zero-order valence-corrected chi connectivity index (χ0v) is 12.9. The Morgan fingerprint density at radius 2 is 1.08 bits per heavy atom. The normalized spacial score (nSPS) is 10.1. The highest BCUT2D eigenvalue weighted by atomic mass is 16.5. The third kappa shape index (κ3) is 3.16. The summed E-state index contributed by atoms with van der Waals surface area (Å²) in [6, 6.07) is 14.7. The first-order valence-corrected chi connectivity index (χ1v) is 7.37. The number of ether oxygens (including phenoxy) is 2. The Bertz CT molecular complexity index is 849. The van der Waals surface area contributed by atoms with Crippen molar-refractivity contribution in [3.63, 3.8) is 0 Å². The van der Waals surface area contributed by atoms with Crippen molar-refractivity contribution in [1.82, 2.24) is 0 Å². The van der Waals surface area contributed by atoms with E-state index < -0.39 is 0 Å². The molecule has 0 saturated heterocycles. The van der Waals surface area contributed by atoms with Gasteiger partial charge in [0.05, 0.1) is 0 Å². The van der Waals surface area contributed by atoms with Crippen LogP contribution in [0.2, 0.25) is 0 Å². The van der Waals surface area contributed by atoms with Crippen molar-refractivity contribution < 1.29 is 9.47 Å². The summed E-state index contributed by atoms with van der Waals surface area (Å²) < 4.78 is 10.7. The van der Waals surface area contributed by atoms with Crippen molar-refractivity contribution >= 4 is 0 Å². The molecule has 3 rings (SSSR count). The average molecular weight is 314 g/mol. The van der Waals surface area contributed by atoms with Crippen molar-refractivity contribution in [2.75, 3.05) is 13.2 Å². The van der Waals surface area contributed by atoms with Gasteiger partial charge in [-0.25, -0.2) is 0 Å². The molecule has 0 saturated carbocycles. The Labute approximate surface area is 140 Å². The summed E-state index contributed by atoms with van der Waals surface area (Å²) in [5.74, 6) is 6.19. The van der Waals surface area contributed by atoms with Gasteiger partial charge in [-0.2, -0.15) is 0 Å². The Morgan fingerprint density at radius 1 is 0.708 bits per heavy atom. The molecule has 0 aliphatic heterocycles. The topological polar surface area (TPSA) is 35.5 Å². The molecule has 0 aliphatic carbocycles. The first-order valence-electron chi connectivity index (χ1n) is 7.37. The van der Waals surface area contributed by atoms with Crippen LogP contribution in [0, 0.1) is 24.7 Å². The predicted octanol–water partition coefficient (Wildman–Crippen LogP) is 3.28. The minimum Gasteiger partial charge on any atom is -0.481 e. The largest absolute Gasteiger partial charge is 0.481 e. The molecule has 3 nitrogen and oxygen atoms in total. The van der Waals surface area contributed by atoms with Gasteiger partial charge >= 0.3 is 0 Å². The van der Waals surface area contributed by atoms with E-state index in [0.717, 1.165) is 22.3 Å². The summed E-state index contributed by atoms with van der Waals surface area (Å²) >= 11 is 0. The Balaban J connectivity index is 1.76. The van der Waals surface area contributed by atoms with Gasteiger partial charge in [-0.3, -0.25) is 4.79 Å². The lowest BCUT2D eigenvalue weighted by atomic mass is 10.1. The maximum absolute atomic E-state index is 12.1. The molecule has 116 valence electrons. The molecule has 0 aromatic heterocycles. The van der Waals surface area contributed by atoms with Crippen molar-refractivity contribution in [3.05, 3.63) is 58.8 Å². The molecule has 0 amide bonds. The van der Waals surface area contributed by atoms with Crippen LogP contribution in [-0.2, 0) is 0 Å². The Morgan fingerprint density at radius 3 is 1.42 bits per heavy atom.